The molecule has 2 aromatic heterocycles. The predicted molar refractivity (Wildman–Crippen MR) is 157 cm³/mol. The lowest BCUT2D eigenvalue weighted by Gasteiger charge is -2.25. The number of nitro benzene ring substituents is 1. The van der Waals surface area contributed by atoms with Gasteiger partial charge in [-0.1, -0.05) is 35.1 Å². The summed E-state index contributed by atoms with van der Waals surface area (Å²) in [6, 6.07) is 14.4. The van der Waals surface area contributed by atoms with Gasteiger partial charge in [0.1, 0.15) is 11.5 Å². The van der Waals surface area contributed by atoms with Gasteiger partial charge in [0.15, 0.2) is 4.80 Å². The average Bonchev–Trinajstić information content (AvgIpc) is 3.52. The molecule has 4 aromatic rings. The number of hydrogen-bond donors (Lipinski definition) is 0. The summed E-state index contributed by atoms with van der Waals surface area (Å²) in [5.74, 6) is 0.0411. The van der Waals surface area contributed by atoms with E-state index in [0.29, 0.717) is 26.4 Å². The number of rotatable bonds is 7. The summed E-state index contributed by atoms with van der Waals surface area (Å²) in [6.07, 6.45) is 1.56. The van der Waals surface area contributed by atoms with Crippen molar-refractivity contribution in [2.45, 2.75) is 19.9 Å². The van der Waals surface area contributed by atoms with Crippen LogP contribution in [0.4, 0.5) is 11.4 Å². The third-order valence-corrected chi connectivity index (χ3v) is 7.78. The van der Waals surface area contributed by atoms with Crippen LogP contribution < -0.4 is 19.8 Å². The van der Waals surface area contributed by atoms with Crippen molar-refractivity contribution in [1.29, 1.82) is 0 Å². The van der Waals surface area contributed by atoms with Gasteiger partial charge in [-0.15, -0.1) is 0 Å². The molecule has 210 valence electrons. The molecule has 5 rings (SSSR count). The van der Waals surface area contributed by atoms with E-state index in [4.69, 9.17) is 20.8 Å². The Hall–Kier alpha value is -4.48. The Bertz CT molecular complexity index is 1880. The molecule has 0 saturated heterocycles. The van der Waals surface area contributed by atoms with Gasteiger partial charge >= 0.3 is 5.97 Å². The molecule has 0 spiro atoms. The van der Waals surface area contributed by atoms with Gasteiger partial charge in [0.2, 0.25) is 0 Å². The summed E-state index contributed by atoms with van der Waals surface area (Å²) in [5, 5.41) is 11.8. The number of aromatic nitrogens is 1. The van der Waals surface area contributed by atoms with Crippen LogP contribution in [0.25, 0.3) is 17.4 Å². The number of hydrogen-bond acceptors (Lipinski definition) is 9. The number of nitrogens with zero attached hydrogens (tertiary/aromatic N) is 4. The zero-order valence-corrected chi connectivity index (χ0v) is 24.2. The van der Waals surface area contributed by atoms with E-state index in [2.05, 4.69) is 4.99 Å². The maximum absolute atomic E-state index is 13.8. The Labute approximate surface area is 243 Å². The maximum Gasteiger partial charge on any atom is 0.338 e. The Morgan fingerprint density at radius 2 is 1.95 bits per heavy atom. The van der Waals surface area contributed by atoms with Gasteiger partial charge in [-0.25, -0.2) is 9.79 Å². The highest BCUT2D eigenvalue weighted by Gasteiger charge is 2.33. The molecule has 41 heavy (non-hydrogen) atoms. The lowest BCUT2D eigenvalue weighted by Crippen LogP contribution is -2.39. The van der Waals surface area contributed by atoms with Crippen molar-refractivity contribution in [2.75, 3.05) is 25.6 Å². The van der Waals surface area contributed by atoms with Gasteiger partial charge in [0.05, 0.1) is 38.9 Å². The van der Waals surface area contributed by atoms with Crippen molar-refractivity contribution < 1.29 is 18.9 Å². The maximum atomic E-state index is 13.8. The van der Waals surface area contributed by atoms with Crippen LogP contribution in [0.5, 0.6) is 0 Å². The van der Waals surface area contributed by atoms with Crippen molar-refractivity contribution in [3.05, 3.63) is 112 Å². The topological polar surface area (TPSA) is 120 Å². The van der Waals surface area contributed by atoms with Crippen LogP contribution in [0.1, 0.15) is 31.2 Å². The highest BCUT2D eigenvalue weighted by molar-refractivity contribution is 7.07. The quantitative estimate of drug-likeness (QED) is 0.173. The molecular formula is C29H25ClN4O6S. The number of halogens is 1. The standard InChI is InChI=1S/C29H25ClN4O6S/c1-5-39-28(36)25-16(2)31-29-33(26(25)17-6-9-19(10-7-17)32(3)4)27(35)24(41-29)15-20-11-13-23(40-20)21-12-8-18(30)14-22(21)34(37)38/h6-15,26H,5H2,1-4H3/t26-/m1/s1. The van der Waals surface area contributed by atoms with Crippen molar-refractivity contribution in [1.82, 2.24) is 4.57 Å². The predicted octanol–water partition coefficient (Wildman–Crippen LogP) is 4.69. The molecule has 0 amide bonds. The van der Waals surface area contributed by atoms with Crippen LogP contribution in [0.2, 0.25) is 5.02 Å². The normalized spacial score (nSPS) is 15.0. The minimum atomic E-state index is -0.743. The second-order valence-electron chi connectivity index (χ2n) is 9.41. The van der Waals surface area contributed by atoms with Crippen LogP contribution in [-0.4, -0.2) is 36.2 Å². The molecule has 10 nitrogen and oxygen atoms in total. The van der Waals surface area contributed by atoms with E-state index in [1.54, 1.807) is 38.1 Å². The van der Waals surface area contributed by atoms with Gasteiger partial charge in [0.25, 0.3) is 11.2 Å². The number of esters is 1. The van der Waals surface area contributed by atoms with E-state index in [9.17, 15) is 19.7 Å². The number of benzene rings is 2. The number of fused-ring (bicyclic) bond motifs is 1. The van der Waals surface area contributed by atoms with Crippen LogP contribution in [0.15, 0.2) is 80.1 Å². The first-order valence-electron chi connectivity index (χ1n) is 12.6. The van der Waals surface area contributed by atoms with E-state index in [1.807, 2.05) is 43.3 Å². The minimum absolute atomic E-state index is 0.179. The van der Waals surface area contributed by atoms with Crippen molar-refractivity contribution in [3.8, 4) is 11.3 Å². The first-order chi connectivity index (χ1) is 19.6. The van der Waals surface area contributed by atoms with Crippen molar-refractivity contribution in [3.63, 3.8) is 0 Å². The number of anilines is 1. The highest BCUT2D eigenvalue weighted by atomic mass is 35.5. The summed E-state index contributed by atoms with van der Waals surface area (Å²) in [6.45, 7) is 3.63. The SMILES string of the molecule is CCOC(=O)C1=C(C)N=c2sc(=Cc3ccc(-c4ccc(Cl)cc4[N+](=O)[O-])o3)c(=O)n2[C@@H]1c1ccc(N(C)C)cc1. The molecule has 12 heteroatoms. The van der Waals surface area contributed by atoms with E-state index in [0.717, 1.165) is 22.6 Å². The summed E-state index contributed by atoms with van der Waals surface area (Å²) < 4.78 is 13.0. The number of carbonyl (C=O) groups is 1. The Kier molecular flexibility index (Phi) is 7.65. The van der Waals surface area contributed by atoms with Crippen LogP contribution >= 0.6 is 22.9 Å². The fourth-order valence-electron chi connectivity index (χ4n) is 4.63. The molecule has 0 unspecified atom stereocenters. The van der Waals surface area contributed by atoms with Gasteiger partial charge in [-0.2, -0.15) is 0 Å². The molecule has 1 aliphatic rings. The number of allylic oxidation sites excluding steroid dienone is 1. The first-order valence-corrected chi connectivity index (χ1v) is 13.8. The second kappa shape index (κ2) is 11.2. The largest absolute Gasteiger partial charge is 0.463 e. The Morgan fingerprint density at radius 1 is 1.22 bits per heavy atom. The zero-order valence-electron chi connectivity index (χ0n) is 22.6. The number of thiazole rings is 1. The van der Waals surface area contributed by atoms with Gasteiger partial charge in [-0.05, 0) is 55.8 Å². The van der Waals surface area contributed by atoms with Crippen molar-refractivity contribution >= 4 is 46.4 Å². The van der Waals surface area contributed by atoms with Crippen LogP contribution in [0, 0.1) is 10.1 Å². The molecule has 0 radical (unpaired) electrons. The molecular weight excluding hydrogens is 568 g/mol. The molecule has 0 bridgehead atoms. The van der Waals surface area contributed by atoms with E-state index in [-0.39, 0.29) is 34.2 Å². The summed E-state index contributed by atoms with van der Waals surface area (Å²) in [4.78, 5) is 44.9. The Morgan fingerprint density at radius 3 is 2.61 bits per heavy atom. The lowest BCUT2D eigenvalue weighted by atomic mass is 9.95. The highest BCUT2D eigenvalue weighted by Crippen LogP contribution is 2.34. The zero-order chi connectivity index (χ0) is 29.4. The van der Waals surface area contributed by atoms with E-state index >= 15 is 0 Å². The minimum Gasteiger partial charge on any atom is -0.463 e. The molecule has 1 aliphatic heterocycles. The molecule has 2 aromatic carbocycles. The summed E-state index contributed by atoms with van der Waals surface area (Å²) >= 11 is 7.10. The van der Waals surface area contributed by atoms with Crippen LogP contribution in [-0.2, 0) is 9.53 Å². The third kappa shape index (κ3) is 5.33. The number of nitro groups is 1. The molecule has 0 saturated carbocycles. The van der Waals surface area contributed by atoms with Gasteiger partial charge in [0, 0.05) is 36.9 Å². The number of furan rings is 1. The van der Waals surface area contributed by atoms with Crippen molar-refractivity contribution in [2.24, 2.45) is 4.99 Å². The van der Waals surface area contributed by atoms with E-state index in [1.165, 1.54) is 16.7 Å². The summed E-state index contributed by atoms with van der Waals surface area (Å²) in [5.41, 5.74) is 2.16. The Balaban J connectivity index is 1.63. The lowest BCUT2D eigenvalue weighted by molar-refractivity contribution is -0.384. The fourth-order valence-corrected chi connectivity index (χ4v) is 5.82. The molecule has 0 aliphatic carbocycles. The number of carbonyl (C=O) groups excluding carboxylic acids is 1. The smallest absolute Gasteiger partial charge is 0.338 e. The fraction of sp³-hybridized carbons (Fsp3) is 0.207. The average molecular weight is 593 g/mol. The first kappa shape index (κ1) is 28.1. The van der Waals surface area contributed by atoms with Gasteiger partial charge < -0.3 is 14.1 Å². The molecule has 3 heterocycles. The molecule has 0 N–H and O–H groups in total. The van der Waals surface area contributed by atoms with E-state index < -0.39 is 16.9 Å². The van der Waals surface area contributed by atoms with Crippen LogP contribution in [0.3, 0.4) is 0 Å². The second-order valence-corrected chi connectivity index (χ2v) is 10.9. The van der Waals surface area contributed by atoms with Gasteiger partial charge in [-0.3, -0.25) is 19.5 Å². The number of ether oxygens (including phenoxy) is 1. The third-order valence-electron chi connectivity index (χ3n) is 6.56. The molecule has 1 atom stereocenters. The monoisotopic (exact) mass is 592 g/mol. The molecule has 0 fully saturated rings. The summed E-state index contributed by atoms with van der Waals surface area (Å²) in [7, 11) is 3.86.